The SMILES string of the molecule is C=C(O)CN(CCC)N(CC)CC.CCCN(C=C(C)O)N(C)C. The number of nitrogens with zero attached hydrogens (tertiary/aromatic N) is 4. The highest BCUT2D eigenvalue weighted by Gasteiger charge is 2.11. The van der Waals surface area contributed by atoms with Crippen molar-refractivity contribution < 1.29 is 10.2 Å². The first-order valence-corrected chi connectivity index (χ1v) is 8.91. The summed E-state index contributed by atoms with van der Waals surface area (Å²) in [5, 5.41) is 26.4. The number of hydrazine groups is 2. The summed E-state index contributed by atoms with van der Waals surface area (Å²) in [6.07, 6.45) is 3.88. The molecule has 0 heterocycles. The van der Waals surface area contributed by atoms with E-state index >= 15 is 0 Å². The fourth-order valence-corrected chi connectivity index (χ4v) is 2.24. The zero-order valence-corrected chi connectivity index (χ0v) is 16.9. The maximum Gasteiger partial charge on any atom is 0.106 e. The summed E-state index contributed by atoms with van der Waals surface area (Å²) >= 11 is 0. The molecule has 0 aliphatic heterocycles. The van der Waals surface area contributed by atoms with Gasteiger partial charge >= 0.3 is 0 Å². The number of hydrogen-bond acceptors (Lipinski definition) is 6. The Morgan fingerprint density at radius 2 is 1.42 bits per heavy atom. The lowest BCUT2D eigenvalue weighted by molar-refractivity contribution is -0.0151. The molecule has 0 saturated carbocycles. The Kier molecular flexibility index (Phi) is 15.9. The molecule has 0 rings (SSSR count). The van der Waals surface area contributed by atoms with Crippen LogP contribution in [0.3, 0.4) is 0 Å². The molecule has 24 heavy (non-hydrogen) atoms. The standard InChI is InChI=1S/C10H22N2O.C8H18N2O/c1-5-8-12(9-10(4)13)11(6-2)7-3;1-5-6-10(9(3)4)7-8(2)11/h13H,4-9H2,1-3H3;7,11H,5-6H2,1-4H3. The summed E-state index contributed by atoms with van der Waals surface area (Å²) < 4.78 is 0. The molecule has 0 amide bonds. The second-order valence-corrected chi connectivity index (χ2v) is 5.87. The number of aliphatic hydroxyl groups excluding tert-OH is 2. The molecule has 0 spiro atoms. The Morgan fingerprint density at radius 1 is 0.917 bits per heavy atom. The van der Waals surface area contributed by atoms with E-state index < -0.39 is 0 Å². The van der Waals surface area contributed by atoms with Crippen LogP contribution in [0.4, 0.5) is 0 Å². The normalized spacial score (nSPS) is 11.7. The van der Waals surface area contributed by atoms with Crippen LogP contribution >= 0.6 is 0 Å². The van der Waals surface area contributed by atoms with Crippen LogP contribution in [0.1, 0.15) is 47.5 Å². The molecule has 0 radical (unpaired) electrons. The molecule has 6 nitrogen and oxygen atoms in total. The van der Waals surface area contributed by atoms with Gasteiger partial charge in [0, 0.05) is 40.3 Å². The van der Waals surface area contributed by atoms with Gasteiger partial charge in [0.15, 0.2) is 0 Å². The summed E-state index contributed by atoms with van der Waals surface area (Å²) in [4.78, 5) is 0. The minimum absolute atomic E-state index is 0.236. The molecule has 0 aromatic heterocycles. The fourth-order valence-electron chi connectivity index (χ4n) is 2.24. The van der Waals surface area contributed by atoms with Gasteiger partial charge < -0.3 is 15.2 Å². The molecule has 2 N–H and O–H groups in total. The van der Waals surface area contributed by atoms with E-state index in [0.717, 1.165) is 39.0 Å². The molecule has 0 unspecified atom stereocenters. The summed E-state index contributed by atoms with van der Waals surface area (Å²) in [5.74, 6) is 0.576. The van der Waals surface area contributed by atoms with E-state index in [4.69, 9.17) is 10.2 Å². The predicted molar refractivity (Wildman–Crippen MR) is 104 cm³/mol. The van der Waals surface area contributed by atoms with Gasteiger partial charge in [0.2, 0.25) is 0 Å². The number of hydrogen-bond donors (Lipinski definition) is 2. The van der Waals surface area contributed by atoms with Crippen molar-refractivity contribution in [2.24, 2.45) is 0 Å². The van der Waals surface area contributed by atoms with Crippen LogP contribution in [0.15, 0.2) is 24.3 Å². The Morgan fingerprint density at radius 3 is 1.71 bits per heavy atom. The highest BCUT2D eigenvalue weighted by Crippen LogP contribution is 2.02. The van der Waals surface area contributed by atoms with Gasteiger partial charge in [0.05, 0.1) is 12.7 Å². The summed E-state index contributed by atoms with van der Waals surface area (Å²) in [7, 11) is 3.91. The Balaban J connectivity index is 0. The fraction of sp³-hybridized carbons (Fsp3) is 0.778. The molecular weight excluding hydrogens is 304 g/mol. The van der Waals surface area contributed by atoms with E-state index in [0.29, 0.717) is 12.3 Å². The molecular formula is C18H40N4O2. The highest BCUT2D eigenvalue weighted by molar-refractivity contribution is 4.84. The van der Waals surface area contributed by atoms with Crippen LogP contribution in [-0.4, -0.2) is 77.1 Å². The number of allylic oxidation sites excluding steroid dienone is 1. The molecule has 0 aliphatic carbocycles. The van der Waals surface area contributed by atoms with Crippen molar-refractivity contribution in [1.29, 1.82) is 0 Å². The molecule has 0 saturated heterocycles. The quantitative estimate of drug-likeness (QED) is 0.441. The summed E-state index contributed by atoms with van der Waals surface area (Å²) in [6.45, 7) is 18.1. The van der Waals surface area contributed by atoms with Crippen molar-refractivity contribution in [2.45, 2.75) is 47.5 Å². The Hall–Kier alpha value is -1.24. The van der Waals surface area contributed by atoms with Gasteiger partial charge in [-0.3, -0.25) is 0 Å². The predicted octanol–water partition coefficient (Wildman–Crippen LogP) is 3.62. The molecule has 144 valence electrons. The molecule has 0 aromatic carbocycles. The third-order valence-corrected chi connectivity index (χ3v) is 3.28. The second-order valence-electron chi connectivity index (χ2n) is 5.87. The lowest BCUT2D eigenvalue weighted by atomic mass is 10.4. The van der Waals surface area contributed by atoms with Crippen molar-refractivity contribution in [3.63, 3.8) is 0 Å². The lowest BCUT2D eigenvalue weighted by Gasteiger charge is -2.32. The first-order valence-electron chi connectivity index (χ1n) is 8.91. The zero-order chi connectivity index (χ0) is 19.1. The smallest absolute Gasteiger partial charge is 0.106 e. The third kappa shape index (κ3) is 13.2. The maximum atomic E-state index is 9.13. The average molecular weight is 345 g/mol. The second kappa shape index (κ2) is 15.3. The lowest BCUT2D eigenvalue weighted by Crippen LogP contribution is -2.43. The number of rotatable bonds is 11. The molecule has 0 bridgehead atoms. The van der Waals surface area contributed by atoms with Gasteiger partial charge in [0.1, 0.15) is 11.5 Å². The minimum Gasteiger partial charge on any atom is -0.512 e. The Bertz CT molecular complexity index is 338. The van der Waals surface area contributed by atoms with Crippen molar-refractivity contribution in [1.82, 2.24) is 20.0 Å². The van der Waals surface area contributed by atoms with Crippen LogP contribution in [0.2, 0.25) is 0 Å². The van der Waals surface area contributed by atoms with Crippen LogP contribution in [-0.2, 0) is 0 Å². The van der Waals surface area contributed by atoms with Crippen molar-refractivity contribution in [2.75, 3.05) is 46.8 Å². The van der Waals surface area contributed by atoms with E-state index in [1.54, 1.807) is 13.1 Å². The highest BCUT2D eigenvalue weighted by atomic mass is 16.3. The van der Waals surface area contributed by atoms with Gasteiger partial charge in [0.25, 0.3) is 0 Å². The largest absolute Gasteiger partial charge is 0.512 e. The first kappa shape index (κ1) is 25.0. The van der Waals surface area contributed by atoms with Gasteiger partial charge in [-0.25, -0.2) is 15.0 Å². The van der Waals surface area contributed by atoms with Crippen LogP contribution < -0.4 is 0 Å². The first-order chi connectivity index (χ1) is 11.2. The summed E-state index contributed by atoms with van der Waals surface area (Å²) in [6, 6.07) is 0. The van der Waals surface area contributed by atoms with E-state index in [9.17, 15) is 0 Å². The van der Waals surface area contributed by atoms with Crippen molar-refractivity contribution in [3.8, 4) is 0 Å². The van der Waals surface area contributed by atoms with Gasteiger partial charge in [-0.05, 0) is 19.8 Å². The van der Waals surface area contributed by atoms with E-state index in [1.165, 1.54) is 0 Å². The molecule has 0 fully saturated rings. The van der Waals surface area contributed by atoms with Crippen LogP contribution in [0, 0.1) is 0 Å². The van der Waals surface area contributed by atoms with Gasteiger partial charge in [-0.1, -0.05) is 34.3 Å². The zero-order valence-electron chi connectivity index (χ0n) is 16.9. The number of aliphatic hydroxyl groups is 2. The van der Waals surface area contributed by atoms with Crippen LogP contribution in [0.5, 0.6) is 0 Å². The molecule has 0 aromatic rings. The van der Waals surface area contributed by atoms with E-state index in [1.807, 2.05) is 24.1 Å². The minimum atomic E-state index is 0.236. The van der Waals surface area contributed by atoms with E-state index in [-0.39, 0.29) is 5.76 Å². The Labute approximate surface area is 149 Å². The third-order valence-electron chi connectivity index (χ3n) is 3.28. The monoisotopic (exact) mass is 344 g/mol. The van der Waals surface area contributed by atoms with Crippen LogP contribution in [0.25, 0.3) is 0 Å². The topological polar surface area (TPSA) is 53.4 Å². The van der Waals surface area contributed by atoms with Gasteiger partial charge in [-0.2, -0.15) is 0 Å². The maximum absolute atomic E-state index is 9.13. The molecule has 0 atom stereocenters. The van der Waals surface area contributed by atoms with E-state index in [2.05, 4.69) is 44.3 Å². The molecule has 0 aliphatic rings. The van der Waals surface area contributed by atoms with Crippen molar-refractivity contribution in [3.05, 3.63) is 24.3 Å². The summed E-state index contributed by atoms with van der Waals surface area (Å²) in [5.41, 5.74) is 0. The molecule has 6 heteroatoms. The average Bonchev–Trinajstić information content (AvgIpc) is 2.48. The van der Waals surface area contributed by atoms with Gasteiger partial charge in [-0.15, -0.1) is 0 Å². The van der Waals surface area contributed by atoms with Crippen molar-refractivity contribution >= 4 is 0 Å².